The van der Waals surface area contributed by atoms with Gasteiger partial charge in [0.15, 0.2) is 0 Å². The fourth-order valence-corrected chi connectivity index (χ4v) is 2.86. The van der Waals surface area contributed by atoms with Gasteiger partial charge in [-0.2, -0.15) is 0 Å². The van der Waals surface area contributed by atoms with Crippen molar-refractivity contribution in [2.45, 2.75) is 0 Å². The van der Waals surface area contributed by atoms with Gasteiger partial charge in [0, 0.05) is 36.2 Å². The number of benzene rings is 2. The number of hydrazine groups is 1. The van der Waals surface area contributed by atoms with Crippen LogP contribution >= 0.6 is 15.9 Å². The first-order valence-electron chi connectivity index (χ1n) is 7.05. The zero-order chi connectivity index (χ0) is 14.8. The Kier molecular flexibility index (Phi) is 4.24. The maximum Gasteiger partial charge on any atom is 0.265 e. The van der Waals surface area contributed by atoms with Gasteiger partial charge in [0.25, 0.3) is 5.91 Å². The van der Waals surface area contributed by atoms with Crippen LogP contribution in [0.4, 0.5) is 0 Å². The van der Waals surface area contributed by atoms with E-state index in [1.54, 1.807) is 0 Å². The molecule has 0 spiro atoms. The van der Waals surface area contributed by atoms with Crippen molar-refractivity contribution in [3.63, 3.8) is 0 Å². The minimum atomic E-state index is -0.0376. The average Bonchev–Trinajstić information content (AvgIpc) is 2.49. The molecule has 0 saturated carbocycles. The first-order chi connectivity index (χ1) is 10.1. The van der Waals surface area contributed by atoms with Crippen molar-refractivity contribution >= 4 is 32.6 Å². The molecule has 1 saturated heterocycles. The summed E-state index contributed by atoms with van der Waals surface area (Å²) < 4.78 is 1.05. The van der Waals surface area contributed by atoms with E-state index in [1.807, 2.05) is 35.3 Å². The van der Waals surface area contributed by atoms with E-state index in [0.717, 1.165) is 41.4 Å². The average molecular weight is 348 g/mol. The van der Waals surface area contributed by atoms with Gasteiger partial charge in [0.05, 0.1) is 0 Å². The molecule has 4 nitrogen and oxygen atoms in total. The summed E-state index contributed by atoms with van der Waals surface area (Å²) in [5.41, 5.74) is 3.69. The van der Waals surface area contributed by atoms with Crippen LogP contribution in [-0.4, -0.2) is 49.0 Å². The second kappa shape index (κ2) is 6.13. The van der Waals surface area contributed by atoms with E-state index in [2.05, 4.69) is 39.4 Å². The van der Waals surface area contributed by atoms with Gasteiger partial charge in [0.2, 0.25) is 0 Å². The monoisotopic (exact) mass is 347 g/mol. The van der Waals surface area contributed by atoms with Crippen LogP contribution in [0.5, 0.6) is 0 Å². The van der Waals surface area contributed by atoms with Crippen LogP contribution in [0.1, 0.15) is 10.4 Å². The Morgan fingerprint density at radius 1 is 1.05 bits per heavy atom. The maximum atomic E-state index is 12.3. The van der Waals surface area contributed by atoms with Crippen LogP contribution in [-0.2, 0) is 0 Å². The number of hydrogen-bond acceptors (Lipinski definition) is 3. The predicted octanol–water partition coefficient (Wildman–Crippen LogP) is 2.49. The maximum absolute atomic E-state index is 12.3. The molecule has 0 bridgehead atoms. The predicted molar refractivity (Wildman–Crippen MR) is 88.2 cm³/mol. The van der Waals surface area contributed by atoms with Crippen molar-refractivity contribution in [2.24, 2.45) is 0 Å². The highest BCUT2D eigenvalue weighted by atomic mass is 79.9. The zero-order valence-corrected chi connectivity index (χ0v) is 13.6. The van der Waals surface area contributed by atoms with Gasteiger partial charge in [-0.3, -0.25) is 10.2 Å². The molecule has 1 heterocycles. The summed E-state index contributed by atoms with van der Waals surface area (Å²) in [6.45, 7) is 3.68. The van der Waals surface area contributed by atoms with E-state index >= 15 is 0 Å². The molecule has 1 aliphatic rings. The zero-order valence-electron chi connectivity index (χ0n) is 12.0. The molecular weight excluding hydrogens is 330 g/mol. The van der Waals surface area contributed by atoms with Gasteiger partial charge >= 0.3 is 0 Å². The third kappa shape index (κ3) is 3.43. The summed E-state index contributed by atoms with van der Waals surface area (Å²) in [5, 5.41) is 4.19. The van der Waals surface area contributed by atoms with Crippen LogP contribution in [0.2, 0.25) is 0 Å². The first kappa shape index (κ1) is 14.5. The Labute approximate surface area is 132 Å². The fourth-order valence-electron chi connectivity index (χ4n) is 2.48. The van der Waals surface area contributed by atoms with Gasteiger partial charge in [-0.15, -0.1) is 0 Å². The third-order valence-electron chi connectivity index (χ3n) is 3.83. The van der Waals surface area contributed by atoms with Crippen molar-refractivity contribution in [3.05, 3.63) is 46.4 Å². The molecule has 110 valence electrons. The van der Waals surface area contributed by atoms with Gasteiger partial charge in [-0.25, -0.2) is 5.01 Å². The highest BCUT2D eigenvalue weighted by Gasteiger charge is 2.16. The highest BCUT2D eigenvalue weighted by molar-refractivity contribution is 9.10. The smallest absolute Gasteiger partial charge is 0.265 e. The van der Waals surface area contributed by atoms with Gasteiger partial charge in [-0.05, 0) is 42.1 Å². The number of carbonyl (C=O) groups is 1. The lowest BCUT2D eigenvalue weighted by Gasteiger charge is -2.32. The van der Waals surface area contributed by atoms with E-state index in [9.17, 15) is 4.79 Å². The summed E-state index contributed by atoms with van der Waals surface area (Å²) in [6, 6.07) is 11.9. The summed E-state index contributed by atoms with van der Waals surface area (Å²) in [7, 11) is 2.10. The largest absolute Gasteiger partial charge is 0.304 e. The Morgan fingerprint density at radius 3 is 2.48 bits per heavy atom. The molecule has 1 N–H and O–H groups in total. The van der Waals surface area contributed by atoms with Crippen LogP contribution in [0, 0.1) is 0 Å². The Balaban J connectivity index is 1.74. The Morgan fingerprint density at radius 2 is 1.71 bits per heavy atom. The lowest BCUT2D eigenvalue weighted by Crippen LogP contribution is -2.52. The van der Waals surface area contributed by atoms with Gasteiger partial charge in [-0.1, -0.05) is 28.1 Å². The lowest BCUT2D eigenvalue weighted by atomic mass is 10.1. The lowest BCUT2D eigenvalue weighted by molar-refractivity contribution is 0.0662. The topological polar surface area (TPSA) is 35.6 Å². The second-order valence-corrected chi connectivity index (χ2v) is 6.35. The van der Waals surface area contributed by atoms with E-state index in [0.29, 0.717) is 5.56 Å². The number of rotatable bonds is 2. The Bertz CT molecular complexity index is 666. The van der Waals surface area contributed by atoms with Crippen molar-refractivity contribution in [1.82, 2.24) is 15.3 Å². The number of likely N-dealkylation sites (N-methyl/N-ethyl adjacent to an activating group) is 1. The summed E-state index contributed by atoms with van der Waals surface area (Å²) in [6.07, 6.45) is 0. The number of halogens is 1. The molecule has 0 unspecified atom stereocenters. The SMILES string of the molecule is CN1CCN(NC(=O)c2ccc3cc(Br)ccc3c2)CC1. The summed E-state index contributed by atoms with van der Waals surface area (Å²) in [4.78, 5) is 14.6. The second-order valence-electron chi connectivity index (χ2n) is 5.44. The van der Waals surface area contributed by atoms with Crippen LogP contribution in [0.25, 0.3) is 10.8 Å². The number of amides is 1. The molecule has 0 radical (unpaired) electrons. The van der Waals surface area contributed by atoms with Crippen molar-refractivity contribution in [2.75, 3.05) is 33.2 Å². The molecule has 0 atom stereocenters. The standard InChI is InChI=1S/C16H18BrN3O/c1-19-6-8-20(9-7-19)18-16(21)14-3-2-13-11-15(17)5-4-12(13)10-14/h2-5,10-11H,6-9H2,1H3,(H,18,21). The normalized spacial score (nSPS) is 17.0. The minimum Gasteiger partial charge on any atom is -0.304 e. The molecule has 2 aromatic rings. The van der Waals surface area contributed by atoms with E-state index < -0.39 is 0 Å². The number of nitrogens with one attached hydrogen (secondary N) is 1. The molecule has 5 heteroatoms. The number of hydrogen-bond donors (Lipinski definition) is 1. The molecule has 2 aromatic carbocycles. The van der Waals surface area contributed by atoms with E-state index in [1.165, 1.54) is 0 Å². The molecule has 3 rings (SSSR count). The van der Waals surface area contributed by atoms with Crippen molar-refractivity contribution in [1.29, 1.82) is 0 Å². The number of piperazine rings is 1. The summed E-state index contributed by atoms with van der Waals surface area (Å²) >= 11 is 3.46. The molecule has 0 aliphatic carbocycles. The third-order valence-corrected chi connectivity index (χ3v) is 4.32. The van der Waals surface area contributed by atoms with Crippen LogP contribution in [0.15, 0.2) is 40.9 Å². The molecule has 1 amide bonds. The number of carbonyl (C=O) groups excluding carboxylic acids is 1. The van der Waals surface area contributed by atoms with Crippen LogP contribution in [0.3, 0.4) is 0 Å². The van der Waals surface area contributed by atoms with Crippen molar-refractivity contribution in [3.8, 4) is 0 Å². The summed E-state index contributed by atoms with van der Waals surface area (Å²) in [5.74, 6) is -0.0376. The molecule has 1 aliphatic heterocycles. The molecule has 21 heavy (non-hydrogen) atoms. The fraction of sp³-hybridized carbons (Fsp3) is 0.312. The number of nitrogens with zero attached hydrogens (tertiary/aromatic N) is 2. The van der Waals surface area contributed by atoms with Gasteiger partial charge < -0.3 is 4.90 Å². The quantitative estimate of drug-likeness (QED) is 0.906. The number of fused-ring (bicyclic) bond motifs is 1. The van der Waals surface area contributed by atoms with Crippen LogP contribution < -0.4 is 5.43 Å². The van der Waals surface area contributed by atoms with Gasteiger partial charge in [0.1, 0.15) is 0 Å². The Hall–Kier alpha value is -1.43. The minimum absolute atomic E-state index is 0.0376. The van der Waals surface area contributed by atoms with E-state index in [4.69, 9.17) is 0 Å². The first-order valence-corrected chi connectivity index (χ1v) is 7.85. The van der Waals surface area contributed by atoms with E-state index in [-0.39, 0.29) is 5.91 Å². The van der Waals surface area contributed by atoms with Crippen molar-refractivity contribution < 1.29 is 4.79 Å². The molecular formula is C16H18BrN3O. The highest BCUT2D eigenvalue weighted by Crippen LogP contribution is 2.21. The molecule has 0 aromatic heterocycles. The molecule has 1 fully saturated rings.